The van der Waals surface area contributed by atoms with E-state index in [-0.39, 0.29) is 0 Å². The van der Waals surface area contributed by atoms with E-state index in [0.717, 1.165) is 38.8 Å². The first kappa shape index (κ1) is 17.2. The minimum atomic E-state index is 0.534. The summed E-state index contributed by atoms with van der Waals surface area (Å²) in [6.07, 6.45) is 0. The van der Waals surface area contributed by atoms with Crippen LogP contribution in [0.5, 0.6) is 5.75 Å². The minimum Gasteiger partial charge on any atom is -0.493 e. The Labute approximate surface area is 158 Å². The molecule has 0 saturated heterocycles. The molecule has 0 aliphatic rings. The zero-order chi connectivity index (χ0) is 18.6. The fourth-order valence-corrected chi connectivity index (χ4v) is 3.27. The summed E-state index contributed by atoms with van der Waals surface area (Å²) < 4.78 is 5.91. The Kier molecular flexibility index (Phi) is 4.85. The van der Waals surface area contributed by atoms with Crippen molar-refractivity contribution in [3.8, 4) is 17.1 Å². The van der Waals surface area contributed by atoms with Crippen molar-refractivity contribution in [3.63, 3.8) is 0 Å². The lowest BCUT2D eigenvalue weighted by Gasteiger charge is -2.15. The van der Waals surface area contributed by atoms with Gasteiger partial charge in [0.15, 0.2) is 5.82 Å². The molecule has 0 radical (unpaired) electrons. The van der Waals surface area contributed by atoms with Gasteiger partial charge in [0.05, 0.1) is 17.7 Å². The van der Waals surface area contributed by atoms with E-state index in [0.29, 0.717) is 25.5 Å². The highest BCUT2D eigenvalue weighted by Gasteiger charge is 2.16. The van der Waals surface area contributed by atoms with Crippen molar-refractivity contribution in [1.29, 1.82) is 0 Å². The number of benzene rings is 3. The monoisotopic (exact) mass is 358 g/mol. The van der Waals surface area contributed by atoms with E-state index < -0.39 is 0 Å². The molecule has 4 rings (SSSR count). The summed E-state index contributed by atoms with van der Waals surface area (Å²) >= 11 is 0. The first-order valence-corrected chi connectivity index (χ1v) is 9.17. The highest BCUT2D eigenvalue weighted by molar-refractivity contribution is 6.00. The first-order chi connectivity index (χ1) is 13.3. The lowest BCUT2D eigenvalue weighted by atomic mass is 10.0. The number of nitrogens with zero attached hydrogens (tertiary/aromatic N) is 2. The SMILES string of the molecule is CCOc1ccc2ccccc2c1-c1nc(NCCN)c2ccccc2n1. The molecule has 1 heterocycles. The fourth-order valence-electron chi connectivity index (χ4n) is 3.27. The lowest BCUT2D eigenvalue weighted by Crippen LogP contribution is -2.14. The number of nitrogens with two attached hydrogens (primary N) is 1. The third-order valence-corrected chi connectivity index (χ3v) is 4.45. The van der Waals surface area contributed by atoms with Crippen molar-refractivity contribution in [1.82, 2.24) is 9.97 Å². The molecule has 4 aromatic rings. The topological polar surface area (TPSA) is 73.1 Å². The van der Waals surface area contributed by atoms with Crippen LogP contribution in [0.25, 0.3) is 33.1 Å². The Balaban J connectivity index is 2.00. The van der Waals surface area contributed by atoms with Gasteiger partial charge in [0.25, 0.3) is 0 Å². The van der Waals surface area contributed by atoms with E-state index in [1.54, 1.807) is 0 Å². The van der Waals surface area contributed by atoms with E-state index in [4.69, 9.17) is 20.4 Å². The summed E-state index contributed by atoms with van der Waals surface area (Å²) in [6.45, 7) is 3.74. The summed E-state index contributed by atoms with van der Waals surface area (Å²) in [7, 11) is 0. The Morgan fingerprint density at radius 1 is 0.926 bits per heavy atom. The Bertz CT molecular complexity index is 1090. The predicted octanol–water partition coefficient (Wildman–Crippen LogP) is 4.22. The van der Waals surface area contributed by atoms with Crippen LogP contribution in [0.4, 0.5) is 5.82 Å². The molecule has 0 unspecified atom stereocenters. The van der Waals surface area contributed by atoms with Crippen LogP contribution in [-0.2, 0) is 0 Å². The van der Waals surface area contributed by atoms with Gasteiger partial charge >= 0.3 is 0 Å². The highest BCUT2D eigenvalue weighted by atomic mass is 16.5. The van der Waals surface area contributed by atoms with Gasteiger partial charge in [-0.25, -0.2) is 9.97 Å². The molecule has 0 spiro atoms. The quantitative estimate of drug-likeness (QED) is 0.540. The summed E-state index contributed by atoms with van der Waals surface area (Å²) in [6, 6.07) is 20.3. The Hall–Kier alpha value is -3.18. The van der Waals surface area contributed by atoms with Gasteiger partial charge in [-0.1, -0.05) is 42.5 Å². The van der Waals surface area contributed by atoms with Crippen LogP contribution < -0.4 is 15.8 Å². The number of hydrogen-bond donors (Lipinski definition) is 2. The molecular weight excluding hydrogens is 336 g/mol. The van der Waals surface area contributed by atoms with Crippen LogP contribution in [0.3, 0.4) is 0 Å². The molecule has 0 fully saturated rings. The van der Waals surface area contributed by atoms with E-state index in [2.05, 4.69) is 23.5 Å². The number of aromatic nitrogens is 2. The molecule has 136 valence electrons. The van der Waals surface area contributed by atoms with Gasteiger partial charge < -0.3 is 15.8 Å². The standard InChI is InChI=1S/C22H22N4O/c1-2-27-19-12-11-15-7-3-4-8-16(15)20(19)22-25-18-10-6-5-9-17(18)21(26-22)24-14-13-23/h3-12H,2,13-14,23H2,1H3,(H,24,25,26). The number of nitrogens with one attached hydrogen (secondary N) is 1. The fraction of sp³-hybridized carbons (Fsp3) is 0.182. The molecule has 0 saturated carbocycles. The number of rotatable bonds is 6. The maximum atomic E-state index is 5.91. The molecule has 1 aromatic heterocycles. The molecule has 0 atom stereocenters. The number of para-hydroxylation sites is 1. The van der Waals surface area contributed by atoms with Crippen LogP contribution in [0.2, 0.25) is 0 Å². The van der Waals surface area contributed by atoms with Crippen LogP contribution in [0.1, 0.15) is 6.92 Å². The van der Waals surface area contributed by atoms with Crippen LogP contribution in [0, 0.1) is 0 Å². The maximum Gasteiger partial charge on any atom is 0.166 e. The van der Waals surface area contributed by atoms with Crippen molar-refractivity contribution in [2.24, 2.45) is 5.73 Å². The van der Waals surface area contributed by atoms with Crippen LogP contribution in [-0.4, -0.2) is 29.7 Å². The van der Waals surface area contributed by atoms with Crippen molar-refractivity contribution in [2.75, 3.05) is 25.0 Å². The molecule has 0 bridgehead atoms. The molecule has 0 aliphatic heterocycles. The molecule has 5 nitrogen and oxygen atoms in total. The zero-order valence-electron chi connectivity index (χ0n) is 15.3. The molecule has 3 aromatic carbocycles. The summed E-state index contributed by atoms with van der Waals surface area (Å²) in [5.74, 6) is 2.22. The second-order valence-corrected chi connectivity index (χ2v) is 6.22. The molecule has 3 N–H and O–H groups in total. The van der Waals surface area contributed by atoms with Gasteiger partial charge in [-0.3, -0.25) is 0 Å². The average molecular weight is 358 g/mol. The van der Waals surface area contributed by atoms with Crippen molar-refractivity contribution >= 4 is 27.5 Å². The second-order valence-electron chi connectivity index (χ2n) is 6.22. The van der Waals surface area contributed by atoms with Crippen molar-refractivity contribution in [2.45, 2.75) is 6.92 Å². The summed E-state index contributed by atoms with van der Waals surface area (Å²) in [5, 5.41) is 6.51. The average Bonchev–Trinajstić information content (AvgIpc) is 2.72. The predicted molar refractivity (Wildman–Crippen MR) is 111 cm³/mol. The highest BCUT2D eigenvalue weighted by Crippen LogP contribution is 2.37. The third kappa shape index (κ3) is 3.29. The molecular formula is C22H22N4O. The molecule has 5 heteroatoms. The van der Waals surface area contributed by atoms with Crippen molar-refractivity contribution < 1.29 is 4.74 Å². The van der Waals surface area contributed by atoms with Gasteiger partial charge in [-0.15, -0.1) is 0 Å². The van der Waals surface area contributed by atoms with E-state index >= 15 is 0 Å². The lowest BCUT2D eigenvalue weighted by molar-refractivity contribution is 0.342. The van der Waals surface area contributed by atoms with Crippen LogP contribution >= 0.6 is 0 Å². The smallest absolute Gasteiger partial charge is 0.166 e. The Morgan fingerprint density at radius 3 is 2.52 bits per heavy atom. The zero-order valence-corrected chi connectivity index (χ0v) is 15.3. The number of hydrogen-bond acceptors (Lipinski definition) is 5. The van der Waals surface area contributed by atoms with E-state index in [1.165, 1.54) is 0 Å². The molecule has 27 heavy (non-hydrogen) atoms. The molecule has 0 aliphatic carbocycles. The van der Waals surface area contributed by atoms with Gasteiger partial charge in [0.1, 0.15) is 11.6 Å². The van der Waals surface area contributed by atoms with Crippen molar-refractivity contribution in [3.05, 3.63) is 60.7 Å². The minimum absolute atomic E-state index is 0.534. The summed E-state index contributed by atoms with van der Waals surface area (Å²) in [5.41, 5.74) is 7.48. The number of anilines is 1. The third-order valence-electron chi connectivity index (χ3n) is 4.45. The normalized spacial score (nSPS) is 11.0. The van der Waals surface area contributed by atoms with Gasteiger partial charge in [-0.05, 0) is 35.9 Å². The number of ether oxygens (including phenoxy) is 1. The van der Waals surface area contributed by atoms with Crippen LogP contribution in [0.15, 0.2) is 60.7 Å². The van der Waals surface area contributed by atoms with Gasteiger partial charge in [0, 0.05) is 18.5 Å². The Morgan fingerprint density at radius 2 is 1.70 bits per heavy atom. The summed E-state index contributed by atoms with van der Waals surface area (Å²) in [4.78, 5) is 9.69. The van der Waals surface area contributed by atoms with E-state index in [9.17, 15) is 0 Å². The first-order valence-electron chi connectivity index (χ1n) is 9.17. The second kappa shape index (κ2) is 7.60. The van der Waals surface area contributed by atoms with E-state index in [1.807, 2.05) is 49.4 Å². The van der Waals surface area contributed by atoms with Gasteiger partial charge in [0.2, 0.25) is 0 Å². The van der Waals surface area contributed by atoms with Gasteiger partial charge in [-0.2, -0.15) is 0 Å². The number of fused-ring (bicyclic) bond motifs is 2. The molecule has 0 amide bonds. The maximum absolute atomic E-state index is 5.91. The largest absolute Gasteiger partial charge is 0.493 e.